The number of aromatic amines is 1. The smallest absolute Gasteiger partial charge is 0.282 e. The maximum atomic E-state index is 12.8. The highest BCUT2D eigenvalue weighted by Crippen LogP contribution is 2.30. The molecule has 0 radical (unpaired) electrons. The zero-order valence-corrected chi connectivity index (χ0v) is 17.9. The highest BCUT2D eigenvalue weighted by atomic mass is 32.2. The van der Waals surface area contributed by atoms with E-state index in [0.717, 1.165) is 17.8 Å². The summed E-state index contributed by atoms with van der Waals surface area (Å²) in [4.78, 5) is 0. The number of nitrogens with zero attached hydrogens (tertiary/aromatic N) is 3. The van der Waals surface area contributed by atoms with Gasteiger partial charge in [-0.1, -0.05) is 12.1 Å². The number of methoxy groups -OCH3 is 1. The van der Waals surface area contributed by atoms with E-state index in [1.54, 1.807) is 11.4 Å². The van der Waals surface area contributed by atoms with E-state index < -0.39 is 10.2 Å². The molecular weight excluding hydrogens is 408 g/mol. The molecule has 10 heteroatoms. The normalized spacial score (nSPS) is 21.0. The van der Waals surface area contributed by atoms with Crippen LogP contribution >= 0.6 is 0 Å². The lowest BCUT2D eigenvalue weighted by Crippen LogP contribution is -2.47. The van der Waals surface area contributed by atoms with Crippen molar-refractivity contribution >= 4 is 10.2 Å². The highest BCUT2D eigenvalue weighted by Gasteiger charge is 2.37. The first-order valence-electron chi connectivity index (χ1n) is 10.2. The van der Waals surface area contributed by atoms with Gasteiger partial charge in [0.2, 0.25) is 0 Å². The Bertz CT molecular complexity index is 942. The molecule has 2 aliphatic rings. The van der Waals surface area contributed by atoms with Gasteiger partial charge in [0.25, 0.3) is 10.2 Å². The molecule has 3 heterocycles. The van der Waals surface area contributed by atoms with E-state index >= 15 is 0 Å². The van der Waals surface area contributed by atoms with Crippen LogP contribution in [0.2, 0.25) is 0 Å². The molecule has 2 saturated heterocycles. The van der Waals surface area contributed by atoms with E-state index in [2.05, 4.69) is 10.2 Å². The number of benzene rings is 1. The van der Waals surface area contributed by atoms with E-state index in [0.29, 0.717) is 63.9 Å². The van der Waals surface area contributed by atoms with E-state index in [9.17, 15) is 8.42 Å². The first-order chi connectivity index (χ1) is 14.6. The molecule has 0 aliphatic carbocycles. The van der Waals surface area contributed by atoms with Gasteiger partial charge in [-0.3, -0.25) is 5.10 Å². The van der Waals surface area contributed by atoms with E-state index in [-0.39, 0.29) is 5.92 Å². The summed E-state index contributed by atoms with van der Waals surface area (Å²) in [7, 11) is -1.81. The minimum Gasteiger partial charge on any atom is -0.493 e. The Morgan fingerprint density at radius 2 is 1.93 bits per heavy atom. The fourth-order valence-corrected chi connectivity index (χ4v) is 5.49. The summed E-state index contributed by atoms with van der Waals surface area (Å²) in [6, 6.07) is 9.56. The van der Waals surface area contributed by atoms with Crippen molar-refractivity contribution in [3.8, 4) is 11.5 Å². The molecular formula is C20H28N4O5S. The third-order valence-electron chi connectivity index (χ3n) is 5.54. The Kier molecular flexibility index (Phi) is 6.57. The van der Waals surface area contributed by atoms with Gasteiger partial charge in [-0.05, 0) is 24.6 Å². The topological polar surface area (TPSA) is 97.0 Å². The van der Waals surface area contributed by atoms with Crippen LogP contribution in [0.3, 0.4) is 0 Å². The monoisotopic (exact) mass is 436 g/mol. The number of morpholine rings is 1. The number of nitrogens with one attached hydrogen (secondary N) is 1. The van der Waals surface area contributed by atoms with Gasteiger partial charge in [-0.25, -0.2) is 0 Å². The third kappa shape index (κ3) is 4.61. The van der Waals surface area contributed by atoms with Crippen LogP contribution in [-0.4, -0.2) is 80.3 Å². The minimum atomic E-state index is -3.43. The summed E-state index contributed by atoms with van der Waals surface area (Å²) >= 11 is 0. The molecule has 2 aliphatic heterocycles. The van der Waals surface area contributed by atoms with Gasteiger partial charge < -0.3 is 14.2 Å². The van der Waals surface area contributed by atoms with Crippen molar-refractivity contribution in [2.24, 2.45) is 0 Å². The predicted molar refractivity (Wildman–Crippen MR) is 111 cm³/mol. The number of aromatic nitrogens is 2. The molecule has 1 aromatic carbocycles. The van der Waals surface area contributed by atoms with Crippen LogP contribution in [-0.2, 0) is 21.4 Å². The molecule has 1 atom stereocenters. The maximum absolute atomic E-state index is 12.8. The minimum absolute atomic E-state index is 0.0981. The molecule has 0 saturated carbocycles. The van der Waals surface area contributed by atoms with Crippen LogP contribution in [0.4, 0.5) is 0 Å². The SMILES string of the molecule is COc1ccccc1OCCc1cc([C@H]2CCN(S(=O)(=O)N3CCOCC3)C2)n[nH]1. The molecule has 9 nitrogen and oxygen atoms in total. The van der Waals surface area contributed by atoms with Crippen LogP contribution in [0.25, 0.3) is 0 Å². The highest BCUT2D eigenvalue weighted by molar-refractivity contribution is 7.86. The van der Waals surface area contributed by atoms with E-state index in [1.165, 1.54) is 4.31 Å². The lowest BCUT2D eigenvalue weighted by atomic mass is 10.0. The molecule has 0 spiro atoms. The van der Waals surface area contributed by atoms with Gasteiger partial charge in [0.05, 0.1) is 32.6 Å². The molecule has 2 fully saturated rings. The quantitative estimate of drug-likeness (QED) is 0.672. The molecule has 0 unspecified atom stereocenters. The Hall–Kier alpha value is -2.14. The average Bonchev–Trinajstić information content (AvgIpc) is 3.45. The summed E-state index contributed by atoms with van der Waals surface area (Å²) in [5, 5.41) is 7.48. The molecule has 0 amide bonds. The number of hydrogen-bond donors (Lipinski definition) is 1. The number of para-hydroxylation sites is 2. The number of ether oxygens (including phenoxy) is 3. The zero-order valence-electron chi connectivity index (χ0n) is 17.1. The molecule has 2 aromatic rings. The molecule has 0 bridgehead atoms. The number of H-pyrrole nitrogens is 1. The van der Waals surface area contributed by atoms with Crippen molar-refractivity contribution in [1.29, 1.82) is 0 Å². The van der Waals surface area contributed by atoms with Gasteiger partial charge in [0.1, 0.15) is 0 Å². The molecule has 30 heavy (non-hydrogen) atoms. The predicted octanol–water partition coefficient (Wildman–Crippen LogP) is 1.41. The van der Waals surface area contributed by atoms with Crippen LogP contribution in [0, 0.1) is 0 Å². The Morgan fingerprint density at radius 3 is 2.70 bits per heavy atom. The standard InChI is InChI=1S/C20H28N4O5S/c1-27-19-4-2-3-5-20(19)29-11-7-17-14-18(22-21-17)16-6-8-24(15-16)30(25,26)23-9-12-28-13-10-23/h2-5,14,16H,6-13,15H2,1H3,(H,21,22)/t16-/m0/s1. The lowest BCUT2D eigenvalue weighted by molar-refractivity contribution is 0.0705. The van der Waals surface area contributed by atoms with Crippen molar-refractivity contribution in [1.82, 2.24) is 18.8 Å². The average molecular weight is 437 g/mol. The lowest BCUT2D eigenvalue weighted by Gasteiger charge is -2.30. The largest absolute Gasteiger partial charge is 0.493 e. The first kappa shape index (κ1) is 21.1. The fraction of sp³-hybridized carbons (Fsp3) is 0.550. The van der Waals surface area contributed by atoms with Crippen molar-refractivity contribution in [3.63, 3.8) is 0 Å². The van der Waals surface area contributed by atoms with Gasteiger partial charge in [0, 0.05) is 44.2 Å². The van der Waals surface area contributed by atoms with Crippen LogP contribution in [0.1, 0.15) is 23.7 Å². The van der Waals surface area contributed by atoms with Gasteiger partial charge in [-0.15, -0.1) is 0 Å². The van der Waals surface area contributed by atoms with Crippen molar-refractivity contribution in [2.45, 2.75) is 18.8 Å². The van der Waals surface area contributed by atoms with Crippen LogP contribution in [0.15, 0.2) is 30.3 Å². The van der Waals surface area contributed by atoms with E-state index in [4.69, 9.17) is 14.2 Å². The number of hydrogen-bond acceptors (Lipinski definition) is 6. The second kappa shape index (κ2) is 9.34. The molecule has 1 aromatic heterocycles. The fourth-order valence-electron chi connectivity index (χ4n) is 3.85. The molecule has 164 valence electrons. The Balaban J connectivity index is 1.31. The maximum Gasteiger partial charge on any atom is 0.282 e. The first-order valence-corrected chi connectivity index (χ1v) is 11.6. The third-order valence-corrected chi connectivity index (χ3v) is 7.54. The second-order valence-electron chi connectivity index (χ2n) is 7.43. The van der Waals surface area contributed by atoms with E-state index in [1.807, 2.05) is 30.3 Å². The summed E-state index contributed by atoms with van der Waals surface area (Å²) < 4.78 is 45.1. The summed E-state index contributed by atoms with van der Waals surface area (Å²) in [6.45, 7) is 3.21. The molecule has 4 rings (SSSR count). The Labute approximate surface area is 177 Å². The van der Waals surface area contributed by atoms with Crippen molar-refractivity contribution in [3.05, 3.63) is 41.7 Å². The van der Waals surface area contributed by atoms with Gasteiger partial charge >= 0.3 is 0 Å². The van der Waals surface area contributed by atoms with Crippen molar-refractivity contribution < 1.29 is 22.6 Å². The molecule has 1 N–H and O–H groups in total. The number of rotatable bonds is 8. The van der Waals surface area contributed by atoms with Gasteiger partial charge in [-0.2, -0.15) is 22.1 Å². The summed E-state index contributed by atoms with van der Waals surface area (Å²) in [5.41, 5.74) is 1.87. The van der Waals surface area contributed by atoms with Gasteiger partial charge in [0.15, 0.2) is 11.5 Å². The summed E-state index contributed by atoms with van der Waals surface area (Å²) in [6.07, 6.45) is 1.44. The zero-order chi connectivity index (χ0) is 21.0. The van der Waals surface area contributed by atoms with Crippen LogP contribution < -0.4 is 9.47 Å². The Morgan fingerprint density at radius 1 is 1.17 bits per heavy atom. The van der Waals surface area contributed by atoms with Crippen LogP contribution in [0.5, 0.6) is 11.5 Å². The second-order valence-corrected chi connectivity index (χ2v) is 9.36. The van der Waals surface area contributed by atoms with Crippen molar-refractivity contribution in [2.75, 3.05) is 53.1 Å². The summed E-state index contributed by atoms with van der Waals surface area (Å²) in [5.74, 6) is 1.51.